The van der Waals surface area contributed by atoms with E-state index in [-0.39, 0.29) is 18.1 Å². The van der Waals surface area contributed by atoms with E-state index < -0.39 is 5.97 Å². The molecule has 3 N–H and O–H groups in total. The fourth-order valence-electron chi connectivity index (χ4n) is 1.76. The van der Waals surface area contributed by atoms with Crippen molar-refractivity contribution < 1.29 is 19.1 Å². The molecule has 0 atom stereocenters. The van der Waals surface area contributed by atoms with Crippen molar-refractivity contribution in [1.29, 1.82) is 0 Å². The Labute approximate surface area is 121 Å². The highest BCUT2D eigenvalue weighted by atomic mass is 16.4. The zero-order valence-corrected chi connectivity index (χ0v) is 11.4. The Balaban J connectivity index is 1.81. The number of furan rings is 1. The van der Waals surface area contributed by atoms with E-state index in [9.17, 15) is 9.59 Å². The zero-order valence-electron chi connectivity index (χ0n) is 11.4. The van der Waals surface area contributed by atoms with E-state index in [1.165, 1.54) is 6.07 Å². The first kappa shape index (κ1) is 14.6. The van der Waals surface area contributed by atoms with Gasteiger partial charge in [0.2, 0.25) is 0 Å². The third kappa shape index (κ3) is 4.07. The van der Waals surface area contributed by atoms with E-state index in [0.29, 0.717) is 18.1 Å². The number of aromatic carboxylic acids is 1. The third-order valence-electron chi connectivity index (χ3n) is 2.82. The van der Waals surface area contributed by atoms with Gasteiger partial charge in [0, 0.05) is 18.9 Å². The van der Waals surface area contributed by atoms with Gasteiger partial charge in [-0.05, 0) is 30.7 Å². The lowest BCUT2D eigenvalue weighted by atomic mass is 10.2. The lowest BCUT2D eigenvalue weighted by Gasteiger charge is -2.06. The number of aryl methyl sites for hydroxylation is 1. The molecule has 0 saturated heterocycles. The summed E-state index contributed by atoms with van der Waals surface area (Å²) in [7, 11) is 0. The first-order valence-corrected chi connectivity index (χ1v) is 6.29. The highest BCUT2D eigenvalue weighted by Crippen LogP contribution is 2.14. The van der Waals surface area contributed by atoms with Crippen LogP contribution in [-0.2, 0) is 13.1 Å². The Hall–Kier alpha value is -2.83. The molecule has 0 fully saturated rings. The molecular formula is C14H15N3O4. The molecule has 0 unspecified atom stereocenters. The molecule has 0 saturated carbocycles. The van der Waals surface area contributed by atoms with Crippen molar-refractivity contribution in [2.75, 3.05) is 0 Å². The summed E-state index contributed by atoms with van der Waals surface area (Å²) < 4.78 is 5.26. The monoisotopic (exact) mass is 289 g/mol. The van der Waals surface area contributed by atoms with Gasteiger partial charge in [-0.1, -0.05) is 0 Å². The average Bonchev–Trinajstić information content (AvgIpc) is 2.85. The van der Waals surface area contributed by atoms with Crippen LogP contribution in [0.5, 0.6) is 0 Å². The SMILES string of the molecule is Cc1oc(CNC(=O)NCc2ccncc2)cc1C(=O)O. The maximum Gasteiger partial charge on any atom is 0.339 e. The normalized spacial score (nSPS) is 10.1. The Morgan fingerprint density at radius 3 is 2.52 bits per heavy atom. The zero-order chi connectivity index (χ0) is 15.2. The van der Waals surface area contributed by atoms with Crippen LogP contribution in [0.15, 0.2) is 35.0 Å². The number of carboxylic acid groups (broad SMARTS) is 1. The predicted molar refractivity (Wildman–Crippen MR) is 73.7 cm³/mol. The second-order valence-corrected chi connectivity index (χ2v) is 4.38. The number of hydrogen-bond donors (Lipinski definition) is 3. The van der Waals surface area contributed by atoms with Crippen molar-refractivity contribution in [2.45, 2.75) is 20.0 Å². The third-order valence-corrected chi connectivity index (χ3v) is 2.82. The smallest absolute Gasteiger partial charge is 0.339 e. The number of carboxylic acids is 1. The summed E-state index contributed by atoms with van der Waals surface area (Å²) in [5.41, 5.74) is 1.03. The molecule has 21 heavy (non-hydrogen) atoms. The maximum atomic E-state index is 11.6. The highest BCUT2D eigenvalue weighted by molar-refractivity contribution is 5.88. The van der Waals surface area contributed by atoms with Crippen molar-refractivity contribution in [3.05, 3.63) is 53.2 Å². The van der Waals surface area contributed by atoms with Crippen molar-refractivity contribution in [1.82, 2.24) is 15.6 Å². The number of pyridine rings is 1. The summed E-state index contributed by atoms with van der Waals surface area (Å²) in [4.78, 5) is 26.4. The average molecular weight is 289 g/mol. The molecule has 0 bridgehead atoms. The molecule has 7 nitrogen and oxygen atoms in total. The van der Waals surface area contributed by atoms with Crippen LogP contribution in [0, 0.1) is 6.92 Å². The van der Waals surface area contributed by atoms with Crippen LogP contribution in [0.2, 0.25) is 0 Å². The number of rotatable bonds is 5. The number of aromatic nitrogens is 1. The molecular weight excluding hydrogens is 274 g/mol. The van der Waals surface area contributed by atoms with Crippen LogP contribution < -0.4 is 10.6 Å². The Morgan fingerprint density at radius 1 is 1.24 bits per heavy atom. The maximum absolute atomic E-state index is 11.6. The number of carbonyl (C=O) groups excluding carboxylic acids is 1. The number of amides is 2. The molecule has 0 spiro atoms. The minimum Gasteiger partial charge on any atom is -0.478 e. The number of nitrogens with one attached hydrogen (secondary N) is 2. The molecule has 110 valence electrons. The number of carbonyl (C=O) groups is 2. The topological polar surface area (TPSA) is 104 Å². The van der Waals surface area contributed by atoms with Gasteiger partial charge in [-0.3, -0.25) is 4.98 Å². The number of urea groups is 1. The van der Waals surface area contributed by atoms with Gasteiger partial charge in [-0.25, -0.2) is 9.59 Å². The van der Waals surface area contributed by atoms with Crippen LogP contribution in [0.25, 0.3) is 0 Å². The van der Waals surface area contributed by atoms with Crippen LogP contribution in [0.3, 0.4) is 0 Å². The van der Waals surface area contributed by atoms with E-state index in [1.807, 2.05) is 0 Å². The van der Waals surface area contributed by atoms with Gasteiger partial charge in [0.05, 0.1) is 6.54 Å². The van der Waals surface area contributed by atoms with Gasteiger partial charge in [-0.2, -0.15) is 0 Å². The van der Waals surface area contributed by atoms with Gasteiger partial charge < -0.3 is 20.2 Å². The summed E-state index contributed by atoms with van der Waals surface area (Å²) in [5.74, 6) is -0.343. The molecule has 2 aromatic rings. The molecule has 2 aromatic heterocycles. The minimum absolute atomic E-state index is 0.101. The summed E-state index contributed by atoms with van der Waals surface area (Å²) in [6.07, 6.45) is 3.29. The standard InChI is InChI=1S/C14H15N3O4/c1-9-12(13(18)19)6-11(21-9)8-17-14(20)16-7-10-2-4-15-5-3-10/h2-6H,7-8H2,1H3,(H,18,19)(H2,16,17,20). The fourth-order valence-corrected chi connectivity index (χ4v) is 1.76. The first-order chi connectivity index (χ1) is 10.1. The first-order valence-electron chi connectivity index (χ1n) is 6.29. The van der Waals surface area contributed by atoms with Crippen molar-refractivity contribution in [3.63, 3.8) is 0 Å². The molecule has 0 aliphatic carbocycles. The fraction of sp³-hybridized carbons (Fsp3) is 0.214. The van der Waals surface area contributed by atoms with E-state index in [1.54, 1.807) is 31.5 Å². The lowest BCUT2D eigenvalue weighted by Crippen LogP contribution is -2.34. The molecule has 0 aliphatic heterocycles. The molecule has 0 aromatic carbocycles. The summed E-state index contributed by atoms with van der Waals surface area (Å²) >= 11 is 0. The second-order valence-electron chi connectivity index (χ2n) is 4.38. The summed E-state index contributed by atoms with van der Waals surface area (Å²) in [5, 5.41) is 14.2. The lowest BCUT2D eigenvalue weighted by molar-refractivity contribution is 0.0695. The van der Waals surface area contributed by atoms with Crippen LogP contribution in [-0.4, -0.2) is 22.1 Å². The van der Waals surface area contributed by atoms with E-state index in [2.05, 4.69) is 15.6 Å². The Morgan fingerprint density at radius 2 is 1.90 bits per heavy atom. The van der Waals surface area contributed by atoms with Crippen molar-refractivity contribution >= 4 is 12.0 Å². The Bertz CT molecular complexity index is 637. The highest BCUT2D eigenvalue weighted by Gasteiger charge is 2.13. The molecule has 0 radical (unpaired) electrons. The number of nitrogens with zero attached hydrogens (tertiary/aromatic N) is 1. The Kier molecular flexibility index (Phi) is 4.55. The van der Waals surface area contributed by atoms with Crippen molar-refractivity contribution in [2.24, 2.45) is 0 Å². The van der Waals surface area contributed by atoms with E-state index in [4.69, 9.17) is 9.52 Å². The molecule has 2 rings (SSSR count). The van der Waals surface area contributed by atoms with Gasteiger partial charge in [0.15, 0.2) is 0 Å². The minimum atomic E-state index is -1.05. The quantitative estimate of drug-likeness (QED) is 0.776. The van der Waals surface area contributed by atoms with Crippen molar-refractivity contribution in [3.8, 4) is 0 Å². The second kappa shape index (κ2) is 6.56. The van der Waals surface area contributed by atoms with Gasteiger partial charge in [-0.15, -0.1) is 0 Å². The summed E-state index contributed by atoms with van der Waals surface area (Å²) in [6, 6.07) is 4.64. The molecule has 2 amide bonds. The van der Waals surface area contributed by atoms with Crippen LogP contribution in [0.1, 0.15) is 27.4 Å². The molecule has 2 heterocycles. The van der Waals surface area contributed by atoms with E-state index in [0.717, 1.165) is 5.56 Å². The van der Waals surface area contributed by atoms with Gasteiger partial charge >= 0.3 is 12.0 Å². The van der Waals surface area contributed by atoms with Crippen LogP contribution in [0.4, 0.5) is 4.79 Å². The molecule has 0 aliphatic rings. The van der Waals surface area contributed by atoms with Gasteiger partial charge in [0.25, 0.3) is 0 Å². The van der Waals surface area contributed by atoms with Crippen LogP contribution >= 0.6 is 0 Å². The number of hydrogen-bond acceptors (Lipinski definition) is 4. The van der Waals surface area contributed by atoms with E-state index >= 15 is 0 Å². The summed E-state index contributed by atoms with van der Waals surface area (Å²) in [6.45, 7) is 2.07. The largest absolute Gasteiger partial charge is 0.478 e. The molecule has 7 heteroatoms. The predicted octanol–water partition coefficient (Wildman–Crippen LogP) is 1.68. The van der Waals surface area contributed by atoms with Gasteiger partial charge in [0.1, 0.15) is 17.1 Å².